The van der Waals surface area contributed by atoms with E-state index in [4.69, 9.17) is 4.74 Å². The van der Waals surface area contributed by atoms with Crippen molar-refractivity contribution >= 4 is 11.8 Å². The highest BCUT2D eigenvalue weighted by Crippen LogP contribution is 2.31. The molecule has 1 unspecified atom stereocenters. The van der Waals surface area contributed by atoms with Gasteiger partial charge >= 0.3 is 0 Å². The van der Waals surface area contributed by atoms with Gasteiger partial charge in [0.1, 0.15) is 5.75 Å². The van der Waals surface area contributed by atoms with Crippen LogP contribution < -0.4 is 15.0 Å². The SMILES string of the molecule is COc1ccccc1N1CCC(CNC/C(C)=C/c2ccccc2)C1. The molecule has 1 aliphatic heterocycles. The molecule has 0 aliphatic carbocycles. The number of para-hydroxylation sites is 2. The summed E-state index contributed by atoms with van der Waals surface area (Å²) in [5.41, 5.74) is 3.85. The fourth-order valence-corrected chi connectivity index (χ4v) is 3.47. The molecule has 1 atom stereocenters. The Morgan fingerprint density at radius 3 is 2.72 bits per heavy atom. The number of nitrogens with zero attached hydrogens (tertiary/aromatic N) is 1. The van der Waals surface area contributed by atoms with Crippen LogP contribution in [0, 0.1) is 5.92 Å². The van der Waals surface area contributed by atoms with Crippen LogP contribution in [-0.2, 0) is 0 Å². The van der Waals surface area contributed by atoms with Gasteiger partial charge in [0.2, 0.25) is 0 Å². The summed E-state index contributed by atoms with van der Waals surface area (Å²) in [5, 5.41) is 3.62. The largest absolute Gasteiger partial charge is 0.495 e. The first-order valence-electron chi connectivity index (χ1n) is 9.07. The minimum absolute atomic E-state index is 0.689. The summed E-state index contributed by atoms with van der Waals surface area (Å²) in [6, 6.07) is 18.8. The monoisotopic (exact) mass is 336 g/mol. The number of rotatable bonds is 7. The molecule has 1 aliphatic rings. The van der Waals surface area contributed by atoms with Crippen molar-refractivity contribution in [3.63, 3.8) is 0 Å². The Morgan fingerprint density at radius 1 is 1.16 bits per heavy atom. The minimum atomic E-state index is 0.689. The van der Waals surface area contributed by atoms with Crippen molar-refractivity contribution in [3.8, 4) is 5.75 Å². The lowest BCUT2D eigenvalue weighted by Gasteiger charge is -2.21. The van der Waals surface area contributed by atoms with E-state index in [0.717, 1.165) is 31.9 Å². The van der Waals surface area contributed by atoms with Crippen LogP contribution in [0.1, 0.15) is 18.9 Å². The van der Waals surface area contributed by atoms with Gasteiger partial charge in [0.05, 0.1) is 12.8 Å². The third-order valence-corrected chi connectivity index (χ3v) is 4.76. The van der Waals surface area contributed by atoms with Crippen molar-refractivity contribution in [1.29, 1.82) is 0 Å². The van der Waals surface area contributed by atoms with E-state index in [1.807, 2.05) is 12.1 Å². The summed E-state index contributed by atoms with van der Waals surface area (Å²) in [6.45, 7) is 6.39. The molecule has 0 spiro atoms. The predicted molar refractivity (Wildman–Crippen MR) is 106 cm³/mol. The number of anilines is 1. The van der Waals surface area contributed by atoms with Crippen molar-refractivity contribution in [1.82, 2.24) is 5.32 Å². The Labute approximate surface area is 151 Å². The van der Waals surface area contributed by atoms with Gasteiger partial charge in [-0.05, 0) is 37.0 Å². The van der Waals surface area contributed by atoms with Crippen LogP contribution in [0.2, 0.25) is 0 Å². The van der Waals surface area contributed by atoms with Crippen LogP contribution >= 0.6 is 0 Å². The molecule has 2 aromatic rings. The normalized spacial score (nSPS) is 17.8. The number of hydrogen-bond acceptors (Lipinski definition) is 3. The maximum Gasteiger partial charge on any atom is 0.142 e. The Morgan fingerprint density at radius 2 is 1.92 bits per heavy atom. The summed E-state index contributed by atoms with van der Waals surface area (Å²) in [5.74, 6) is 1.66. The molecular weight excluding hydrogens is 308 g/mol. The van der Waals surface area contributed by atoms with Crippen LogP contribution in [0.4, 0.5) is 5.69 Å². The van der Waals surface area contributed by atoms with E-state index >= 15 is 0 Å². The second kappa shape index (κ2) is 8.72. The van der Waals surface area contributed by atoms with E-state index in [1.54, 1.807) is 7.11 Å². The van der Waals surface area contributed by atoms with Crippen molar-refractivity contribution in [2.24, 2.45) is 5.92 Å². The molecule has 1 saturated heterocycles. The first-order chi connectivity index (χ1) is 12.3. The molecule has 25 heavy (non-hydrogen) atoms. The van der Waals surface area contributed by atoms with Gasteiger partial charge in [-0.25, -0.2) is 0 Å². The smallest absolute Gasteiger partial charge is 0.142 e. The van der Waals surface area contributed by atoms with Gasteiger partial charge < -0.3 is 15.0 Å². The molecule has 1 heterocycles. The zero-order valence-electron chi connectivity index (χ0n) is 15.2. The summed E-state index contributed by atoms with van der Waals surface area (Å²) in [7, 11) is 1.75. The van der Waals surface area contributed by atoms with E-state index in [1.165, 1.54) is 23.2 Å². The van der Waals surface area contributed by atoms with Crippen molar-refractivity contribution < 1.29 is 4.74 Å². The fraction of sp³-hybridized carbons (Fsp3) is 0.364. The average Bonchev–Trinajstić information content (AvgIpc) is 3.11. The number of methoxy groups -OCH3 is 1. The highest BCUT2D eigenvalue weighted by Gasteiger charge is 2.24. The molecule has 1 fully saturated rings. The van der Waals surface area contributed by atoms with Crippen LogP contribution in [0.3, 0.4) is 0 Å². The van der Waals surface area contributed by atoms with E-state index < -0.39 is 0 Å². The molecule has 1 N–H and O–H groups in total. The number of ether oxygens (including phenoxy) is 1. The number of hydrogen-bond donors (Lipinski definition) is 1. The maximum atomic E-state index is 5.50. The van der Waals surface area contributed by atoms with Gasteiger partial charge in [0, 0.05) is 26.2 Å². The van der Waals surface area contributed by atoms with Crippen molar-refractivity contribution in [3.05, 3.63) is 65.7 Å². The number of benzene rings is 2. The topological polar surface area (TPSA) is 24.5 Å². The first kappa shape index (κ1) is 17.6. The van der Waals surface area contributed by atoms with Crippen molar-refractivity contribution in [2.75, 3.05) is 38.2 Å². The van der Waals surface area contributed by atoms with Gasteiger partial charge in [-0.15, -0.1) is 0 Å². The molecule has 3 nitrogen and oxygen atoms in total. The van der Waals surface area contributed by atoms with Crippen molar-refractivity contribution in [2.45, 2.75) is 13.3 Å². The highest BCUT2D eigenvalue weighted by atomic mass is 16.5. The zero-order chi connectivity index (χ0) is 17.5. The molecule has 0 radical (unpaired) electrons. The molecule has 0 saturated carbocycles. The summed E-state index contributed by atoms with van der Waals surface area (Å²) in [6.07, 6.45) is 3.48. The molecule has 132 valence electrons. The standard InChI is InChI=1S/C22H28N2O/c1-18(14-19-8-4-3-5-9-19)15-23-16-20-12-13-24(17-20)21-10-6-7-11-22(21)25-2/h3-11,14,20,23H,12-13,15-17H2,1-2H3/b18-14+. The predicted octanol–water partition coefficient (Wildman–Crippen LogP) is 4.21. The second-order valence-electron chi connectivity index (χ2n) is 6.80. The Hall–Kier alpha value is -2.26. The third kappa shape index (κ3) is 4.86. The quantitative estimate of drug-likeness (QED) is 0.819. The molecule has 0 amide bonds. The van der Waals surface area contributed by atoms with E-state index in [9.17, 15) is 0 Å². The molecular formula is C22H28N2O. The second-order valence-corrected chi connectivity index (χ2v) is 6.80. The summed E-state index contributed by atoms with van der Waals surface area (Å²) < 4.78 is 5.50. The summed E-state index contributed by atoms with van der Waals surface area (Å²) in [4.78, 5) is 2.44. The van der Waals surface area contributed by atoms with Gasteiger partial charge in [-0.3, -0.25) is 0 Å². The van der Waals surface area contributed by atoms with Gasteiger partial charge in [-0.1, -0.05) is 54.1 Å². The van der Waals surface area contributed by atoms with E-state index in [-0.39, 0.29) is 0 Å². The lowest BCUT2D eigenvalue weighted by molar-refractivity contribution is 0.414. The minimum Gasteiger partial charge on any atom is -0.495 e. The zero-order valence-corrected chi connectivity index (χ0v) is 15.2. The molecule has 2 aromatic carbocycles. The van der Waals surface area contributed by atoms with Gasteiger partial charge in [0.15, 0.2) is 0 Å². The highest BCUT2D eigenvalue weighted by molar-refractivity contribution is 5.59. The van der Waals surface area contributed by atoms with Crippen LogP contribution in [0.5, 0.6) is 5.75 Å². The Bertz CT molecular complexity index is 696. The maximum absolute atomic E-state index is 5.50. The molecule has 3 heteroatoms. The van der Waals surface area contributed by atoms with Gasteiger partial charge in [-0.2, -0.15) is 0 Å². The summed E-state index contributed by atoms with van der Waals surface area (Å²) >= 11 is 0. The lowest BCUT2D eigenvalue weighted by atomic mass is 10.1. The Balaban J connectivity index is 1.47. The van der Waals surface area contributed by atoms with Gasteiger partial charge in [0.25, 0.3) is 0 Å². The van der Waals surface area contributed by atoms with Crippen LogP contribution in [0.15, 0.2) is 60.2 Å². The molecule has 3 rings (SSSR count). The van der Waals surface area contributed by atoms with E-state index in [0.29, 0.717) is 5.92 Å². The van der Waals surface area contributed by atoms with Crippen LogP contribution in [-0.4, -0.2) is 33.3 Å². The average molecular weight is 336 g/mol. The molecule has 0 aromatic heterocycles. The third-order valence-electron chi connectivity index (χ3n) is 4.76. The fourth-order valence-electron chi connectivity index (χ4n) is 3.47. The number of nitrogens with one attached hydrogen (secondary N) is 1. The van der Waals surface area contributed by atoms with E-state index in [2.05, 4.69) is 65.7 Å². The molecule has 0 bridgehead atoms. The lowest BCUT2D eigenvalue weighted by Crippen LogP contribution is -2.27. The van der Waals surface area contributed by atoms with Crippen LogP contribution in [0.25, 0.3) is 6.08 Å². The Kier molecular flexibility index (Phi) is 6.13. The first-order valence-corrected chi connectivity index (χ1v) is 9.07.